The van der Waals surface area contributed by atoms with Crippen LogP contribution in [-0.4, -0.2) is 6.54 Å². The summed E-state index contributed by atoms with van der Waals surface area (Å²) in [6.07, 6.45) is 0. The van der Waals surface area contributed by atoms with Gasteiger partial charge in [0.2, 0.25) is 0 Å². The van der Waals surface area contributed by atoms with Crippen LogP contribution in [0.2, 0.25) is 0 Å². The van der Waals surface area contributed by atoms with Gasteiger partial charge in [-0.25, -0.2) is 8.78 Å². The molecule has 0 fully saturated rings. The first-order valence-electron chi connectivity index (χ1n) is 5.70. The smallest absolute Gasteiger partial charge is 0.148 e. The van der Waals surface area contributed by atoms with Crippen molar-refractivity contribution in [3.63, 3.8) is 0 Å². The van der Waals surface area contributed by atoms with E-state index in [1.807, 2.05) is 6.92 Å². The van der Waals surface area contributed by atoms with Gasteiger partial charge in [0.05, 0.1) is 11.4 Å². The lowest BCUT2D eigenvalue weighted by atomic mass is 10.2. The minimum absolute atomic E-state index is 0.316. The van der Waals surface area contributed by atoms with Crippen molar-refractivity contribution in [3.05, 3.63) is 54.1 Å². The summed E-state index contributed by atoms with van der Waals surface area (Å²) in [5.41, 5.74) is 6.52. The molecule has 0 bridgehead atoms. The molecular weight excluding hydrogens is 234 g/mol. The van der Waals surface area contributed by atoms with E-state index < -0.39 is 5.82 Å². The quantitative estimate of drug-likeness (QED) is 0.839. The van der Waals surface area contributed by atoms with Gasteiger partial charge in [-0.3, -0.25) is 0 Å². The molecule has 0 amide bonds. The summed E-state index contributed by atoms with van der Waals surface area (Å²) in [5, 5.41) is 0. The van der Waals surface area contributed by atoms with Crippen molar-refractivity contribution in [1.82, 2.24) is 0 Å². The highest BCUT2D eigenvalue weighted by molar-refractivity contribution is 5.66. The summed E-state index contributed by atoms with van der Waals surface area (Å²) in [7, 11) is 0. The van der Waals surface area contributed by atoms with Crippen molar-refractivity contribution >= 4 is 17.1 Å². The van der Waals surface area contributed by atoms with Gasteiger partial charge in [-0.2, -0.15) is 0 Å². The maximum atomic E-state index is 13.9. The Bertz CT molecular complexity index is 555. The number of halogens is 2. The first kappa shape index (κ1) is 12.4. The molecule has 0 radical (unpaired) electrons. The summed E-state index contributed by atoms with van der Waals surface area (Å²) in [5.74, 6) is -0.837. The Kier molecular flexibility index (Phi) is 3.46. The molecular formula is C14H14F2N2. The van der Waals surface area contributed by atoms with Crippen molar-refractivity contribution in [2.24, 2.45) is 0 Å². The van der Waals surface area contributed by atoms with Crippen LogP contribution in [-0.2, 0) is 0 Å². The van der Waals surface area contributed by atoms with Gasteiger partial charge in [0.1, 0.15) is 11.6 Å². The van der Waals surface area contributed by atoms with E-state index in [1.165, 1.54) is 12.1 Å². The second-order valence-corrected chi connectivity index (χ2v) is 3.91. The lowest BCUT2D eigenvalue weighted by Gasteiger charge is -2.24. The number of hydrogen-bond donors (Lipinski definition) is 1. The molecule has 0 aliphatic heterocycles. The molecule has 18 heavy (non-hydrogen) atoms. The molecule has 94 valence electrons. The van der Waals surface area contributed by atoms with E-state index >= 15 is 0 Å². The zero-order valence-electron chi connectivity index (χ0n) is 10.0. The fourth-order valence-corrected chi connectivity index (χ4v) is 1.88. The average molecular weight is 248 g/mol. The Morgan fingerprint density at radius 1 is 1.00 bits per heavy atom. The average Bonchev–Trinajstić information content (AvgIpc) is 2.34. The predicted molar refractivity (Wildman–Crippen MR) is 69.9 cm³/mol. The molecule has 0 aromatic heterocycles. The Balaban J connectivity index is 2.49. The fraction of sp³-hybridized carbons (Fsp3) is 0.143. The van der Waals surface area contributed by atoms with E-state index in [0.717, 1.165) is 0 Å². The molecule has 0 saturated carbocycles. The lowest BCUT2D eigenvalue weighted by Crippen LogP contribution is -2.18. The summed E-state index contributed by atoms with van der Waals surface area (Å²) >= 11 is 0. The Hall–Kier alpha value is -2.10. The molecule has 0 unspecified atom stereocenters. The Morgan fingerprint density at radius 3 is 2.28 bits per heavy atom. The molecule has 0 spiro atoms. The van der Waals surface area contributed by atoms with E-state index in [1.54, 1.807) is 35.2 Å². The van der Waals surface area contributed by atoms with Crippen molar-refractivity contribution in [1.29, 1.82) is 0 Å². The third-order valence-corrected chi connectivity index (χ3v) is 2.72. The Labute approximate surface area is 105 Å². The van der Waals surface area contributed by atoms with Crippen LogP contribution in [0.3, 0.4) is 0 Å². The predicted octanol–water partition coefficient (Wildman–Crippen LogP) is 3.71. The number of anilines is 3. The maximum absolute atomic E-state index is 13.9. The second kappa shape index (κ2) is 5.04. The SMILES string of the molecule is CCN(c1ccccc1F)c1ccc(N)cc1F. The number of hydrogen-bond acceptors (Lipinski definition) is 2. The number of rotatable bonds is 3. The summed E-state index contributed by atoms with van der Waals surface area (Å²) in [4.78, 5) is 1.57. The number of nitrogens with two attached hydrogens (primary N) is 1. The van der Waals surface area contributed by atoms with Crippen molar-refractivity contribution in [3.8, 4) is 0 Å². The van der Waals surface area contributed by atoms with Gasteiger partial charge in [-0.1, -0.05) is 12.1 Å². The van der Waals surface area contributed by atoms with E-state index in [2.05, 4.69) is 0 Å². The molecule has 2 N–H and O–H groups in total. The topological polar surface area (TPSA) is 29.3 Å². The van der Waals surface area contributed by atoms with Crippen LogP contribution in [0, 0.1) is 11.6 Å². The highest BCUT2D eigenvalue weighted by Crippen LogP contribution is 2.30. The van der Waals surface area contributed by atoms with Gasteiger partial charge in [-0.05, 0) is 37.3 Å². The third-order valence-electron chi connectivity index (χ3n) is 2.72. The summed E-state index contributed by atoms with van der Waals surface area (Å²) in [6.45, 7) is 2.30. The molecule has 4 heteroatoms. The minimum Gasteiger partial charge on any atom is -0.399 e. The largest absolute Gasteiger partial charge is 0.399 e. The van der Waals surface area contributed by atoms with Gasteiger partial charge in [0, 0.05) is 12.2 Å². The van der Waals surface area contributed by atoms with Gasteiger partial charge in [0.25, 0.3) is 0 Å². The normalized spacial score (nSPS) is 10.4. The molecule has 0 aliphatic carbocycles. The first-order chi connectivity index (χ1) is 8.63. The van der Waals surface area contributed by atoms with Crippen LogP contribution in [0.15, 0.2) is 42.5 Å². The molecule has 2 rings (SSSR count). The Morgan fingerprint density at radius 2 is 1.67 bits per heavy atom. The van der Waals surface area contributed by atoms with E-state index in [0.29, 0.717) is 23.6 Å². The zero-order valence-corrected chi connectivity index (χ0v) is 10.0. The van der Waals surface area contributed by atoms with Gasteiger partial charge in [-0.15, -0.1) is 0 Å². The van der Waals surface area contributed by atoms with Crippen LogP contribution in [0.1, 0.15) is 6.92 Å². The van der Waals surface area contributed by atoms with Crippen LogP contribution >= 0.6 is 0 Å². The van der Waals surface area contributed by atoms with Crippen LogP contribution in [0.5, 0.6) is 0 Å². The molecule has 2 aromatic carbocycles. The molecule has 0 atom stereocenters. The van der Waals surface area contributed by atoms with Gasteiger partial charge >= 0.3 is 0 Å². The molecule has 0 saturated heterocycles. The van der Waals surface area contributed by atoms with E-state index in [9.17, 15) is 8.78 Å². The monoisotopic (exact) mass is 248 g/mol. The minimum atomic E-state index is -0.458. The highest BCUT2D eigenvalue weighted by Gasteiger charge is 2.15. The number of benzene rings is 2. The summed E-state index contributed by atoms with van der Waals surface area (Å²) < 4.78 is 27.6. The third kappa shape index (κ3) is 2.27. The standard InChI is InChI=1S/C14H14F2N2/c1-2-18(13-6-4-3-5-11(13)15)14-8-7-10(17)9-12(14)16/h3-9H,2,17H2,1H3. The van der Waals surface area contributed by atoms with Crippen LogP contribution in [0.4, 0.5) is 25.8 Å². The van der Waals surface area contributed by atoms with Gasteiger partial charge in [0.15, 0.2) is 0 Å². The van der Waals surface area contributed by atoms with E-state index in [4.69, 9.17) is 5.73 Å². The lowest BCUT2D eigenvalue weighted by molar-refractivity contribution is 0.614. The maximum Gasteiger partial charge on any atom is 0.148 e. The molecule has 2 nitrogen and oxygen atoms in total. The number of nitrogens with zero attached hydrogens (tertiary/aromatic N) is 1. The first-order valence-corrected chi connectivity index (χ1v) is 5.70. The van der Waals surface area contributed by atoms with Crippen molar-refractivity contribution in [2.75, 3.05) is 17.2 Å². The fourth-order valence-electron chi connectivity index (χ4n) is 1.88. The number of para-hydroxylation sites is 1. The van der Waals surface area contributed by atoms with Crippen molar-refractivity contribution < 1.29 is 8.78 Å². The highest BCUT2D eigenvalue weighted by atomic mass is 19.1. The zero-order chi connectivity index (χ0) is 13.1. The van der Waals surface area contributed by atoms with Gasteiger partial charge < -0.3 is 10.6 Å². The number of nitrogen functional groups attached to an aromatic ring is 1. The van der Waals surface area contributed by atoms with Crippen LogP contribution < -0.4 is 10.6 Å². The molecule has 2 aromatic rings. The van der Waals surface area contributed by atoms with Crippen molar-refractivity contribution in [2.45, 2.75) is 6.92 Å². The molecule has 0 aliphatic rings. The summed E-state index contributed by atoms with van der Waals surface area (Å²) in [6, 6.07) is 10.7. The van der Waals surface area contributed by atoms with Crippen LogP contribution in [0.25, 0.3) is 0 Å². The second-order valence-electron chi connectivity index (χ2n) is 3.91. The van der Waals surface area contributed by atoms with E-state index in [-0.39, 0.29) is 5.82 Å². The molecule has 0 heterocycles.